The highest BCUT2D eigenvalue weighted by atomic mass is 79.9. The van der Waals surface area contributed by atoms with Gasteiger partial charge < -0.3 is 9.84 Å². The lowest BCUT2D eigenvalue weighted by Gasteiger charge is -2.04. The SMILES string of the molecule is COc1cc(CCBr)ccc1O. The van der Waals surface area contributed by atoms with E-state index in [1.54, 1.807) is 13.2 Å². The van der Waals surface area contributed by atoms with Crippen LogP contribution in [0.2, 0.25) is 0 Å². The Morgan fingerprint density at radius 2 is 2.25 bits per heavy atom. The number of benzene rings is 1. The van der Waals surface area contributed by atoms with Gasteiger partial charge in [-0.2, -0.15) is 0 Å². The van der Waals surface area contributed by atoms with E-state index < -0.39 is 0 Å². The number of ether oxygens (including phenoxy) is 1. The van der Waals surface area contributed by atoms with E-state index in [0.29, 0.717) is 5.75 Å². The lowest BCUT2D eigenvalue weighted by atomic mass is 10.1. The van der Waals surface area contributed by atoms with Crippen molar-refractivity contribution < 1.29 is 9.84 Å². The fraction of sp³-hybridized carbons (Fsp3) is 0.333. The fourth-order valence-corrected chi connectivity index (χ4v) is 1.44. The van der Waals surface area contributed by atoms with Gasteiger partial charge in [0.15, 0.2) is 11.5 Å². The van der Waals surface area contributed by atoms with E-state index in [2.05, 4.69) is 15.9 Å². The highest BCUT2D eigenvalue weighted by Crippen LogP contribution is 2.26. The normalized spacial score (nSPS) is 9.83. The minimum absolute atomic E-state index is 0.191. The lowest BCUT2D eigenvalue weighted by molar-refractivity contribution is 0.373. The second kappa shape index (κ2) is 4.36. The molecule has 2 nitrogen and oxygen atoms in total. The first-order valence-corrected chi connectivity index (χ1v) is 4.82. The molecule has 1 N–H and O–H groups in total. The standard InChI is InChI=1S/C9H11BrO2/c1-12-9-6-7(4-5-10)2-3-8(9)11/h2-3,6,11H,4-5H2,1H3. The summed E-state index contributed by atoms with van der Waals surface area (Å²) in [4.78, 5) is 0. The molecule has 0 spiro atoms. The molecule has 0 fully saturated rings. The summed E-state index contributed by atoms with van der Waals surface area (Å²) >= 11 is 3.35. The van der Waals surface area contributed by atoms with Crippen molar-refractivity contribution in [1.82, 2.24) is 0 Å². The molecule has 0 aromatic heterocycles. The van der Waals surface area contributed by atoms with E-state index >= 15 is 0 Å². The van der Waals surface area contributed by atoms with Crippen molar-refractivity contribution in [2.75, 3.05) is 12.4 Å². The Labute approximate surface area is 80.3 Å². The van der Waals surface area contributed by atoms with E-state index in [1.807, 2.05) is 12.1 Å². The van der Waals surface area contributed by atoms with Crippen LogP contribution in [0, 0.1) is 0 Å². The van der Waals surface area contributed by atoms with Gasteiger partial charge in [-0.1, -0.05) is 22.0 Å². The van der Waals surface area contributed by atoms with Gasteiger partial charge in [-0.15, -0.1) is 0 Å². The zero-order valence-corrected chi connectivity index (χ0v) is 8.47. The van der Waals surface area contributed by atoms with Crippen molar-refractivity contribution in [2.24, 2.45) is 0 Å². The average Bonchev–Trinajstić information content (AvgIpc) is 2.09. The summed E-state index contributed by atoms with van der Waals surface area (Å²) in [7, 11) is 1.55. The molecule has 1 aromatic rings. The van der Waals surface area contributed by atoms with Gasteiger partial charge in [-0.3, -0.25) is 0 Å². The average molecular weight is 231 g/mol. The Bertz CT molecular complexity index is 261. The fourth-order valence-electron chi connectivity index (χ4n) is 0.987. The maximum atomic E-state index is 9.27. The van der Waals surface area contributed by atoms with Crippen molar-refractivity contribution in [1.29, 1.82) is 0 Å². The van der Waals surface area contributed by atoms with Crippen LogP contribution in [-0.2, 0) is 6.42 Å². The first-order chi connectivity index (χ1) is 5.77. The van der Waals surface area contributed by atoms with E-state index in [0.717, 1.165) is 17.3 Å². The highest BCUT2D eigenvalue weighted by Gasteiger charge is 2.01. The van der Waals surface area contributed by atoms with Crippen LogP contribution < -0.4 is 4.74 Å². The molecule has 0 atom stereocenters. The Morgan fingerprint density at radius 3 is 2.83 bits per heavy atom. The van der Waals surface area contributed by atoms with E-state index in [1.165, 1.54) is 0 Å². The molecule has 0 saturated carbocycles. The Kier molecular flexibility index (Phi) is 3.41. The van der Waals surface area contributed by atoms with Gasteiger partial charge in [-0.05, 0) is 24.1 Å². The molecule has 3 heteroatoms. The van der Waals surface area contributed by atoms with E-state index in [4.69, 9.17) is 4.74 Å². The number of halogens is 1. The number of phenolic OH excluding ortho intramolecular Hbond substituents is 1. The molecule has 0 bridgehead atoms. The van der Waals surface area contributed by atoms with Crippen LogP contribution in [0.1, 0.15) is 5.56 Å². The smallest absolute Gasteiger partial charge is 0.160 e. The highest BCUT2D eigenvalue weighted by molar-refractivity contribution is 9.09. The minimum Gasteiger partial charge on any atom is -0.504 e. The number of aryl methyl sites for hydroxylation is 1. The molecule has 0 heterocycles. The van der Waals surface area contributed by atoms with Gasteiger partial charge in [-0.25, -0.2) is 0 Å². The predicted molar refractivity (Wildman–Crippen MR) is 52.2 cm³/mol. The summed E-state index contributed by atoms with van der Waals surface area (Å²) in [5, 5.41) is 10.2. The molecule has 1 rings (SSSR count). The van der Waals surface area contributed by atoms with Crippen LogP contribution in [-0.4, -0.2) is 17.5 Å². The maximum Gasteiger partial charge on any atom is 0.160 e. The van der Waals surface area contributed by atoms with Crippen molar-refractivity contribution >= 4 is 15.9 Å². The quantitative estimate of drug-likeness (QED) is 0.809. The first kappa shape index (κ1) is 9.39. The monoisotopic (exact) mass is 230 g/mol. The lowest BCUT2D eigenvalue weighted by Crippen LogP contribution is -1.88. The number of rotatable bonds is 3. The zero-order chi connectivity index (χ0) is 8.97. The molecule has 66 valence electrons. The molecule has 0 aliphatic carbocycles. The van der Waals surface area contributed by atoms with Crippen molar-refractivity contribution in [2.45, 2.75) is 6.42 Å². The molecule has 1 aromatic carbocycles. The van der Waals surface area contributed by atoms with Gasteiger partial charge in [0.25, 0.3) is 0 Å². The van der Waals surface area contributed by atoms with Gasteiger partial charge in [0.2, 0.25) is 0 Å². The number of hydrogen-bond acceptors (Lipinski definition) is 2. The second-order valence-corrected chi connectivity index (χ2v) is 3.24. The van der Waals surface area contributed by atoms with Crippen molar-refractivity contribution in [3.05, 3.63) is 23.8 Å². The Balaban J connectivity index is 2.89. The van der Waals surface area contributed by atoms with Gasteiger partial charge in [0.05, 0.1) is 7.11 Å². The van der Waals surface area contributed by atoms with Crippen LogP contribution in [0.15, 0.2) is 18.2 Å². The third kappa shape index (κ3) is 2.14. The van der Waals surface area contributed by atoms with Gasteiger partial charge in [0, 0.05) is 5.33 Å². The van der Waals surface area contributed by atoms with Crippen molar-refractivity contribution in [3.63, 3.8) is 0 Å². The van der Waals surface area contributed by atoms with Crippen LogP contribution in [0.4, 0.5) is 0 Å². The van der Waals surface area contributed by atoms with E-state index in [-0.39, 0.29) is 5.75 Å². The summed E-state index contributed by atoms with van der Waals surface area (Å²) in [6.07, 6.45) is 0.941. The maximum absolute atomic E-state index is 9.27. The van der Waals surface area contributed by atoms with Crippen molar-refractivity contribution in [3.8, 4) is 11.5 Å². The number of hydrogen-bond donors (Lipinski definition) is 1. The zero-order valence-electron chi connectivity index (χ0n) is 6.88. The van der Waals surface area contributed by atoms with Gasteiger partial charge in [0.1, 0.15) is 0 Å². The number of aromatic hydroxyl groups is 1. The molecule has 0 radical (unpaired) electrons. The summed E-state index contributed by atoms with van der Waals surface area (Å²) in [5.74, 6) is 0.726. The summed E-state index contributed by atoms with van der Waals surface area (Å²) in [5.41, 5.74) is 1.15. The molecule has 0 aliphatic rings. The number of methoxy groups -OCH3 is 1. The molecular weight excluding hydrogens is 220 g/mol. The van der Waals surface area contributed by atoms with Gasteiger partial charge >= 0.3 is 0 Å². The summed E-state index contributed by atoms with van der Waals surface area (Å²) in [6, 6.07) is 5.38. The van der Waals surface area contributed by atoms with Crippen LogP contribution in [0.3, 0.4) is 0 Å². The van der Waals surface area contributed by atoms with Crippen LogP contribution >= 0.6 is 15.9 Å². The van der Waals surface area contributed by atoms with Crippen LogP contribution in [0.25, 0.3) is 0 Å². The minimum atomic E-state index is 0.191. The first-order valence-electron chi connectivity index (χ1n) is 3.69. The molecule has 0 unspecified atom stereocenters. The third-order valence-corrected chi connectivity index (χ3v) is 2.02. The second-order valence-electron chi connectivity index (χ2n) is 2.45. The summed E-state index contributed by atoms with van der Waals surface area (Å²) < 4.78 is 4.97. The number of alkyl halides is 1. The molecule has 0 aliphatic heterocycles. The molecular formula is C9H11BrO2. The molecule has 0 saturated heterocycles. The molecule has 0 amide bonds. The predicted octanol–water partition coefficient (Wildman–Crippen LogP) is 2.34. The Hall–Kier alpha value is -0.700. The Morgan fingerprint density at radius 1 is 1.50 bits per heavy atom. The summed E-state index contributed by atoms with van der Waals surface area (Å²) in [6.45, 7) is 0. The van der Waals surface area contributed by atoms with E-state index in [9.17, 15) is 5.11 Å². The molecule has 12 heavy (non-hydrogen) atoms. The third-order valence-electron chi connectivity index (χ3n) is 1.63. The van der Waals surface area contributed by atoms with Crippen LogP contribution in [0.5, 0.6) is 11.5 Å². The largest absolute Gasteiger partial charge is 0.504 e. The topological polar surface area (TPSA) is 29.5 Å². The number of phenols is 1.